The predicted molar refractivity (Wildman–Crippen MR) is 122 cm³/mol. The number of nitrogens with zero attached hydrogens (tertiary/aromatic N) is 2. The summed E-state index contributed by atoms with van der Waals surface area (Å²) in [7, 11) is 0. The summed E-state index contributed by atoms with van der Waals surface area (Å²) >= 11 is 7.17. The molecule has 3 atom stereocenters. The van der Waals surface area contributed by atoms with Gasteiger partial charge in [-0.1, -0.05) is 44.5 Å². The van der Waals surface area contributed by atoms with Gasteiger partial charge in [0, 0.05) is 35.5 Å². The normalized spacial score (nSPS) is 23.1. The summed E-state index contributed by atoms with van der Waals surface area (Å²) < 4.78 is 0. The van der Waals surface area contributed by atoms with Crippen LogP contribution >= 0.6 is 22.9 Å². The fourth-order valence-corrected chi connectivity index (χ4v) is 5.11. The van der Waals surface area contributed by atoms with Gasteiger partial charge in [-0.15, -0.1) is 11.3 Å². The first kappa shape index (κ1) is 23.7. The third-order valence-electron chi connectivity index (χ3n) is 6.17. The fraction of sp³-hybridized carbons (Fsp3) is 0.500. The first-order valence-electron chi connectivity index (χ1n) is 10.2. The monoisotopic (exact) mass is 465 g/mol. The predicted octanol–water partition coefficient (Wildman–Crippen LogP) is 3.73. The first-order valence-corrected chi connectivity index (χ1v) is 11.4. The number of hydrogen-bond donors (Lipinski definition) is 3. The molecule has 1 aromatic heterocycles. The van der Waals surface area contributed by atoms with E-state index in [2.05, 4.69) is 29.0 Å². The zero-order valence-corrected chi connectivity index (χ0v) is 19.4. The number of carboxylic acids is 1. The molecular formula is C22H28ClN3O4S. The van der Waals surface area contributed by atoms with E-state index in [1.807, 2.05) is 19.1 Å². The van der Waals surface area contributed by atoms with E-state index in [9.17, 15) is 14.7 Å². The van der Waals surface area contributed by atoms with Crippen LogP contribution < -0.4 is 5.32 Å². The molecule has 2 heterocycles. The lowest BCUT2D eigenvalue weighted by Crippen LogP contribution is -2.56. The molecule has 3 N–H and O–H groups in total. The van der Waals surface area contributed by atoms with Crippen LogP contribution in [0.25, 0.3) is 0 Å². The van der Waals surface area contributed by atoms with Gasteiger partial charge < -0.3 is 25.2 Å². The largest absolute Gasteiger partial charge is 0.476 e. The van der Waals surface area contributed by atoms with Gasteiger partial charge in [-0.25, -0.2) is 9.78 Å². The molecule has 1 aliphatic rings. The molecule has 1 saturated heterocycles. The van der Waals surface area contributed by atoms with E-state index < -0.39 is 23.0 Å². The van der Waals surface area contributed by atoms with Crippen molar-refractivity contribution in [3.8, 4) is 0 Å². The molecule has 1 aromatic carbocycles. The first-order chi connectivity index (χ1) is 14.6. The van der Waals surface area contributed by atoms with Gasteiger partial charge in [0.1, 0.15) is 6.29 Å². The number of hydrogen-bond acceptors (Lipinski definition) is 7. The van der Waals surface area contributed by atoms with Crippen molar-refractivity contribution in [1.82, 2.24) is 9.88 Å². The van der Waals surface area contributed by atoms with E-state index in [1.54, 1.807) is 12.1 Å². The van der Waals surface area contributed by atoms with Gasteiger partial charge in [-0.05, 0) is 30.0 Å². The van der Waals surface area contributed by atoms with Crippen LogP contribution in [0.3, 0.4) is 0 Å². The Kier molecular flexibility index (Phi) is 7.05. The maximum Gasteiger partial charge on any atom is 0.355 e. The van der Waals surface area contributed by atoms with E-state index in [1.165, 1.54) is 16.7 Å². The van der Waals surface area contributed by atoms with Crippen molar-refractivity contribution in [2.45, 2.75) is 38.8 Å². The molecule has 9 heteroatoms. The average Bonchev–Trinajstić information content (AvgIpc) is 3.18. The number of nitrogens with one attached hydrogen (secondary N) is 1. The highest BCUT2D eigenvalue weighted by Gasteiger charge is 2.48. The number of benzene rings is 1. The third kappa shape index (κ3) is 5.09. The molecule has 1 fully saturated rings. The third-order valence-corrected chi connectivity index (χ3v) is 7.19. The molecule has 0 amide bonds. The number of aldehydes is 1. The summed E-state index contributed by atoms with van der Waals surface area (Å²) in [6, 6.07) is 6.87. The van der Waals surface area contributed by atoms with Crippen molar-refractivity contribution in [2.24, 2.45) is 11.3 Å². The highest BCUT2D eigenvalue weighted by atomic mass is 35.5. The molecular weight excluding hydrogens is 438 g/mol. The van der Waals surface area contributed by atoms with Crippen LogP contribution in [0.5, 0.6) is 0 Å². The van der Waals surface area contributed by atoms with Crippen molar-refractivity contribution < 1.29 is 19.8 Å². The molecule has 1 aliphatic heterocycles. The van der Waals surface area contributed by atoms with Gasteiger partial charge in [-0.3, -0.25) is 0 Å². The van der Waals surface area contributed by atoms with Gasteiger partial charge in [-0.2, -0.15) is 0 Å². The van der Waals surface area contributed by atoms with Crippen molar-refractivity contribution in [1.29, 1.82) is 0 Å². The molecule has 0 bridgehead atoms. The number of carbonyl (C=O) groups excluding carboxylic acids is 1. The van der Waals surface area contributed by atoms with E-state index >= 15 is 0 Å². The minimum Gasteiger partial charge on any atom is -0.476 e. The van der Waals surface area contributed by atoms with Gasteiger partial charge in [0.2, 0.25) is 0 Å². The minimum absolute atomic E-state index is 0.0350. The highest BCUT2D eigenvalue weighted by Crippen LogP contribution is 2.46. The number of aliphatic hydroxyl groups is 1. The van der Waals surface area contributed by atoms with E-state index in [0.717, 1.165) is 11.8 Å². The number of aromatic nitrogens is 1. The summed E-state index contributed by atoms with van der Waals surface area (Å²) in [5.41, 5.74) is -0.549. The second-order valence-corrected chi connectivity index (χ2v) is 10.2. The molecule has 7 nitrogen and oxygen atoms in total. The summed E-state index contributed by atoms with van der Waals surface area (Å²) in [6.45, 7) is 8.10. The Morgan fingerprint density at radius 2 is 2.06 bits per heavy atom. The molecule has 168 valence electrons. The highest BCUT2D eigenvalue weighted by molar-refractivity contribution is 7.13. The van der Waals surface area contributed by atoms with Crippen LogP contribution in [-0.2, 0) is 10.4 Å². The fourth-order valence-electron chi connectivity index (χ4n) is 4.26. The van der Waals surface area contributed by atoms with E-state index in [-0.39, 0.29) is 11.6 Å². The molecule has 0 radical (unpaired) electrons. The quantitative estimate of drug-likeness (QED) is 0.510. The Labute approximate surface area is 191 Å². The molecule has 1 unspecified atom stereocenters. The Morgan fingerprint density at radius 1 is 1.39 bits per heavy atom. The average molecular weight is 466 g/mol. The molecule has 0 saturated carbocycles. The van der Waals surface area contributed by atoms with Gasteiger partial charge in [0.05, 0.1) is 11.6 Å². The molecule has 0 aliphatic carbocycles. The van der Waals surface area contributed by atoms with Gasteiger partial charge in [0.15, 0.2) is 10.8 Å². The molecule has 31 heavy (non-hydrogen) atoms. The number of carboxylic acid groups (broad SMARTS) is 1. The van der Waals surface area contributed by atoms with Crippen LogP contribution in [0.1, 0.15) is 43.2 Å². The van der Waals surface area contributed by atoms with Crippen LogP contribution in [-0.4, -0.2) is 58.0 Å². The van der Waals surface area contributed by atoms with Crippen LogP contribution in [0.2, 0.25) is 5.02 Å². The summed E-state index contributed by atoms with van der Waals surface area (Å²) in [5, 5.41) is 26.1. The van der Waals surface area contributed by atoms with Crippen molar-refractivity contribution in [3.05, 3.63) is 45.9 Å². The van der Waals surface area contributed by atoms with Crippen LogP contribution in [0, 0.1) is 11.3 Å². The van der Waals surface area contributed by atoms with E-state index in [4.69, 9.17) is 16.7 Å². The lowest BCUT2D eigenvalue weighted by molar-refractivity contribution is -0.127. The number of rotatable bonds is 8. The summed E-state index contributed by atoms with van der Waals surface area (Å²) in [5.74, 6) is -1.13. The minimum atomic E-state index is -1.09. The lowest BCUT2D eigenvalue weighted by Gasteiger charge is -2.51. The number of piperidine rings is 1. The number of thiazole rings is 1. The van der Waals surface area contributed by atoms with Gasteiger partial charge in [0.25, 0.3) is 0 Å². The Morgan fingerprint density at radius 3 is 2.61 bits per heavy atom. The number of anilines is 1. The Hall–Kier alpha value is -2.00. The summed E-state index contributed by atoms with van der Waals surface area (Å²) in [4.78, 5) is 29.0. The number of aromatic carboxylic acids is 1. The van der Waals surface area contributed by atoms with Crippen molar-refractivity contribution in [2.75, 3.05) is 25.0 Å². The number of carbonyl (C=O) groups is 2. The zero-order chi connectivity index (χ0) is 22.8. The summed E-state index contributed by atoms with van der Waals surface area (Å²) in [6.07, 6.45) is 1.41. The lowest BCUT2D eigenvalue weighted by atomic mass is 9.66. The standard InChI is InChI=1S/C22H28ClN3O4S/c1-14(17(11-27)24-20-25-18(12-31-20)19(28)29)10-26-9-8-22(30,21(2,3)13-26)15-4-6-16(23)7-5-15/h4-7,11-12,14,17,30H,8-10,13H2,1-3H3,(H,24,25)(H,28,29)/t14-,17?,22-/m0/s1. The smallest absolute Gasteiger partial charge is 0.355 e. The van der Waals surface area contributed by atoms with Crippen LogP contribution in [0.4, 0.5) is 5.13 Å². The second kappa shape index (κ2) is 9.24. The van der Waals surface area contributed by atoms with Gasteiger partial charge >= 0.3 is 5.97 Å². The van der Waals surface area contributed by atoms with Crippen molar-refractivity contribution >= 4 is 40.3 Å². The maximum atomic E-state index is 11.7. The SMILES string of the molecule is C[C@@H](CN1CC[C@](O)(c2ccc(Cl)cc2)C(C)(C)C1)C(C=O)Nc1nc(C(=O)O)cs1. The Balaban J connectivity index is 1.65. The number of halogens is 1. The van der Waals surface area contributed by atoms with E-state index in [0.29, 0.717) is 36.2 Å². The second-order valence-electron chi connectivity index (χ2n) is 8.86. The zero-order valence-electron chi connectivity index (χ0n) is 17.8. The number of likely N-dealkylation sites (tertiary alicyclic amines) is 1. The Bertz CT molecular complexity index is 933. The molecule has 2 aromatic rings. The molecule has 0 spiro atoms. The van der Waals surface area contributed by atoms with Crippen molar-refractivity contribution in [3.63, 3.8) is 0 Å². The van der Waals surface area contributed by atoms with Crippen LogP contribution in [0.15, 0.2) is 29.6 Å². The molecule has 3 rings (SSSR count). The topological polar surface area (TPSA) is 103 Å². The maximum absolute atomic E-state index is 11.7.